The number of rotatable bonds is 0. The molecule has 0 N–H and O–H groups in total. The molecular weight excluding hydrogens is 498 g/mol. The van der Waals surface area contributed by atoms with Gasteiger partial charge in [0.15, 0.2) is 0 Å². The van der Waals surface area contributed by atoms with E-state index in [1.165, 1.54) is 59.5 Å². The molecule has 1 atom stereocenters. The van der Waals surface area contributed by atoms with Crippen molar-refractivity contribution in [3.05, 3.63) is 136 Å². The standard InChI is InChI=1S/C31H18BrNS/c32-19-16-17-29-25(18-19)31(23-11-3-6-15-28(23)34-29)22-10-2-5-14-27(22)33-26-13-4-1-8-20(26)21-9-7-12-24(31)30(21)33/h1-18H. The first-order chi connectivity index (χ1) is 16.8. The van der Waals surface area contributed by atoms with Crippen LogP contribution in [0.4, 0.5) is 0 Å². The zero-order chi connectivity index (χ0) is 22.4. The highest BCUT2D eigenvalue weighted by molar-refractivity contribution is 9.10. The van der Waals surface area contributed by atoms with Crippen LogP contribution in [0.25, 0.3) is 27.5 Å². The fourth-order valence-corrected chi connectivity index (χ4v) is 7.83. The Balaban J connectivity index is 1.69. The Kier molecular flexibility index (Phi) is 3.73. The van der Waals surface area contributed by atoms with Crippen molar-refractivity contribution in [3.63, 3.8) is 0 Å². The zero-order valence-electron chi connectivity index (χ0n) is 18.1. The molecule has 1 spiro atoms. The third-order valence-electron chi connectivity index (χ3n) is 7.50. The molecule has 3 heteroatoms. The number of para-hydroxylation sites is 3. The minimum absolute atomic E-state index is 0.387. The lowest BCUT2D eigenvalue weighted by molar-refractivity contribution is 0.689. The van der Waals surface area contributed by atoms with Crippen LogP contribution >= 0.6 is 27.7 Å². The van der Waals surface area contributed by atoms with Gasteiger partial charge in [-0.15, -0.1) is 0 Å². The Morgan fingerprint density at radius 3 is 2.24 bits per heavy atom. The van der Waals surface area contributed by atoms with Crippen molar-refractivity contribution < 1.29 is 0 Å². The number of nitrogens with zero attached hydrogens (tertiary/aromatic N) is 1. The molecule has 1 unspecified atom stereocenters. The highest BCUT2D eigenvalue weighted by Gasteiger charge is 2.49. The van der Waals surface area contributed by atoms with Gasteiger partial charge < -0.3 is 4.57 Å². The van der Waals surface area contributed by atoms with E-state index in [0.29, 0.717) is 0 Å². The van der Waals surface area contributed by atoms with E-state index in [-0.39, 0.29) is 5.41 Å². The van der Waals surface area contributed by atoms with Crippen molar-refractivity contribution in [1.82, 2.24) is 4.57 Å². The summed E-state index contributed by atoms with van der Waals surface area (Å²) in [7, 11) is 0. The van der Waals surface area contributed by atoms with Gasteiger partial charge in [-0.05, 0) is 58.7 Å². The summed E-state index contributed by atoms with van der Waals surface area (Å²) in [5.41, 5.74) is 8.86. The third kappa shape index (κ3) is 2.18. The molecule has 2 aliphatic rings. The maximum Gasteiger partial charge on any atom is 0.0764 e. The van der Waals surface area contributed by atoms with Crippen LogP contribution < -0.4 is 0 Å². The highest BCUT2D eigenvalue weighted by Crippen LogP contribution is 2.60. The molecule has 0 saturated carbocycles. The molecule has 0 amide bonds. The number of aromatic nitrogens is 1. The van der Waals surface area contributed by atoms with E-state index in [2.05, 4.69) is 130 Å². The van der Waals surface area contributed by atoms with Gasteiger partial charge in [-0.3, -0.25) is 0 Å². The van der Waals surface area contributed by atoms with E-state index >= 15 is 0 Å². The molecule has 1 aromatic heterocycles. The van der Waals surface area contributed by atoms with E-state index in [0.717, 1.165) is 4.47 Å². The van der Waals surface area contributed by atoms with Crippen molar-refractivity contribution in [3.8, 4) is 5.69 Å². The Hall–Kier alpha value is -3.27. The van der Waals surface area contributed by atoms with Crippen LogP contribution in [0.5, 0.6) is 0 Å². The molecule has 0 bridgehead atoms. The Morgan fingerprint density at radius 2 is 1.29 bits per heavy atom. The Bertz CT molecular complexity index is 1810. The molecule has 0 saturated heterocycles. The molecule has 0 radical (unpaired) electrons. The van der Waals surface area contributed by atoms with Gasteiger partial charge in [-0.2, -0.15) is 0 Å². The van der Waals surface area contributed by atoms with Crippen LogP contribution in [-0.2, 0) is 5.41 Å². The number of hydrogen-bond donors (Lipinski definition) is 0. The number of benzene rings is 5. The van der Waals surface area contributed by atoms with E-state index < -0.39 is 0 Å². The van der Waals surface area contributed by atoms with Crippen molar-refractivity contribution in [2.45, 2.75) is 15.2 Å². The van der Waals surface area contributed by atoms with Gasteiger partial charge in [0.1, 0.15) is 0 Å². The summed E-state index contributed by atoms with van der Waals surface area (Å²) in [5, 5.41) is 2.62. The molecule has 160 valence electrons. The molecule has 1 nitrogen and oxygen atoms in total. The predicted octanol–water partition coefficient (Wildman–Crippen LogP) is 8.71. The quantitative estimate of drug-likeness (QED) is 0.195. The van der Waals surface area contributed by atoms with E-state index in [9.17, 15) is 0 Å². The second-order valence-electron chi connectivity index (χ2n) is 9.06. The van der Waals surface area contributed by atoms with Crippen molar-refractivity contribution in [2.75, 3.05) is 0 Å². The lowest BCUT2D eigenvalue weighted by Gasteiger charge is -2.45. The van der Waals surface area contributed by atoms with Gasteiger partial charge in [0.05, 0.1) is 22.1 Å². The summed E-state index contributed by atoms with van der Waals surface area (Å²) >= 11 is 5.68. The summed E-state index contributed by atoms with van der Waals surface area (Å²) in [5.74, 6) is 0. The fraction of sp³-hybridized carbons (Fsp3) is 0.0323. The third-order valence-corrected chi connectivity index (χ3v) is 9.15. The first kappa shape index (κ1) is 19.1. The first-order valence-electron chi connectivity index (χ1n) is 11.5. The van der Waals surface area contributed by atoms with Crippen LogP contribution in [0.2, 0.25) is 0 Å². The maximum absolute atomic E-state index is 3.80. The number of halogens is 1. The summed E-state index contributed by atoms with van der Waals surface area (Å²) in [6, 6.07) is 40.4. The molecule has 3 heterocycles. The maximum atomic E-state index is 3.80. The molecule has 5 aromatic carbocycles. The lowest BCUT2D eigenvalue weighted by atomic mass is 9.63. The Labute approximate surface area is 210 Å². The Morgan fingerprint density at radius 1 is 0.588 bits per heavy atom. The molecule has 8 rings (SSSR count). The average molecular weight is 516 g/mol. The van der Waals surface area contributed by atoms with Crippen LogP contribution in [0.1, 0.15) is 22.3 Å². The second kappa shape index (κ2) is 6.65. The van der Waals surface area contributed by atoms with Crippen molar-refractivity contribution in [2.24, 2.45) is 0 Å². The van der Waals surface area contributed by atoms with E-state index in [1.807, 2.05) is 11.8 Å². The van der Waals surface area contributed by atoms with Gasteiger partial charge in [0, 0.05) is 25.0 Å². The summed E-state index contributed by atoms with van der Waals surface area (Å²) in [4.78, 5) is 2.65. The SMILES string of the molecule is Brc1ccc2c(c1)C1(c3ccccc3S2)c2ccccc2-n2c3ccccc3c3cccc1c32. The minimum Gasteiger partial charge on any atom is -0.309 e. The summed E-state index contributed by atoms with van der Waals surface area (Å²) in [6.45, 7) is 0. The zero-order valence-corrected chi connectivity index (χ0v) is 20.5. The van der Waals surface area contributed by atoms with Gasteiger partial charge >= 0.3 is 0 Å². The number of fused-ring (bicyclic) bond motifs is 11. The topological polar surface area (TPSA) is 4.93 Å². The van der Waals surface area contributed by atoms with Gasteiger partial charge in [-0.25, -0.2) is 0 Å². The molecule has 0 aliphatic carbocycles. The fourth-order valence-electron chi connectivity index (χ4n) is 6.30. The largest absolute Gasteiger partial charge is 0.309 e. The monoisotopic (exact) mass is 515 g/mol. The van der Waals surface area contributed by atoms with Crippen LogP contribution in [0.15, 0.2) is 123 Å². The van der Waals surface area contributed by atoms with E-state index in [1.54, 1.807) is 0 Å². The van der Waals surface area contributed by atoms with Crippen molar-refractivity contribution in [1.29, 1.82) is 0 Å². The molecule has 0 fully saturated rings. The van der Waals surface area contributed by atoms with Crippen molar-refractivity contribution >= 4 is 49.5 Å². The van der Waals surface area contributed by atoms with Crippen LogP contribution in [0, 0.1) is 0 Å². The van der Waals surface area contributed by atoms with Gasteiger partial charge in [-0.1, -0.05) is 100 Å². The average Bonchev–Trinajstić information content (AvgIpc) is 3.22. The van der Waals surface area contributed by atoms with Crippen LogP contribution in [-0.4, -0.2) is 4.57 Å². The minimum atomic E-state index is -0.387. The van der Waals surface area contributed by atoms with E-state index in [4.69, 9.17) is 0 Å². The molecular formula is C31H18BrNS. The summed E-state index contributed by atoms with van der Waals surface area (Å²) < 4.78 is 3.60. The second-order valence-corrected chi connectivity index (χ2v) is 11.1. The van der Waals surface area contributed by atoms with Gasteiger partial charge in [0.2, 0.25) is 0 Å². The smallest absolute Gasteiger partial charge is 0.0764 e. The predicted molar refractivity (Wildman–Crippen MR) is 144 cm³/mol. The van der Waals surface area contributed by atoms with Crippen LogP contribution in [0.3, 0.4) is 0 Å². The highest BCUT2D eigenvalue weighted by atomic mass is 79.9. The van der Waals surface area contributed by atoms with Gasteiger partial charge in [0.25, 0.3) is 0 Å². The molecule has 6 aromatic rings. The molecule has 2 aliphatic heterocycles. The summed E-state index contributed by atoms with van der Waals surface area (Å²) in [6.07, 6.45) is 0. The first-order valence-corrected chi connectivity index (χ1v) is 13.1. The lowest BCUT2D eigenvalue weighted by Crippen LogP contribution is -2.37. The number of hydrogen-bond acceptors (Lipinski definition) is 1. The molecule has 34 heavy (non-hydrogen) atoms. The normalized spacial score (nSPS) is 17.6.